The second-order valence-electron chi connectivity index (χ2n) is 8.74. The molecular formula is C30H36. The average molecular weight is 397 g/mol. The molecule has 1 fully saturated rings. The monoisotopic (exact) mass is 396 g/mol. The molecule has 0 aromatic heterocycles. The molecule has 0 heterocycles. The molecule has 0 amide bonds. The van der Waals surface area contributed by atoms with Crippen LogP contribution in [0.3, 0.4) is 0 Å². The molecule has 0 nitrogen and oxygen atoms in total. The highest BCUT2D eigenvalue weighted by atomic mass is 14.3. The zero-order valence-electron chi connectivity index (χ0n) is 18.8. The van der Waals surface area contributed by atoms with Crippen LogP contribution in [-0.2, 0) is 0 Å². The Bertz CT molecular complexity index is 870. The zero-order chi connectivity index (χ0) is 21.0. The third kappa shape index (κ3) is 7.11. The van der Waals surface area contributed by atoms with E-state index in [9.17, 15) is 0 Å². The summed E-state index contributed by atoms with van der Waals surface area (Å²) < 4.78 is 0. The molecule has 0 aliphatic heterocycles. The van der Waals surface area contributed by atoms with Gasteiger partial charge in [0.25, 0.3) is 0 Å². The molecule has 0 saturated heterocycles. The van der Waals surface area contributed by atoms with Crippen molar-refractivity contribution < 1.29 is 0 Å². The maximum Gasteiger partial charge on any atom is 0.0249 e. The summed E-state index contributed by atoms with van der Waals surface area (Å²) in [6, 6.07) is 17.2. The molecule has 30 heavy (non-hydrogen) atoms. The molecule has 0 unspecified atom stereocenters. The maximum absolute atomic E-state index is 3.30. The lowest BCUT2D eigenvalue weighted by Gasteiger charge is -2.29. The first-order chi connectivity index (χ1) is 14.8. The van der Waals surface area contributed by atoms with Gasteiger partial charge in [-0.3, -0.25) is 0 Å². The van der Waals surface area contributed by atoms with Crippen molar-refractivity contribution in [2.75, 3.05) is 0 Å². The van der Waals surface area contributed by atoms with Crippen molar-refractivity contribution in [2.45, 2.75) is 84.0 Å². The van der Waals surface area contributed by atoms with E-state index in [0.29, 0.717) is 0 Å². The molecule has 1 aliphatic rings. The second-order valence-corrected chi connectivity index (χ2v) is 8.74. The van der Waals surface area contributed by atoms with Crippen LogP contribution in [0.4, 0.5) is 0 Å². The number of unbranched alkanes of at least 4 members (excludes halogenated alkanes) is 4. The van der Waals surface area contributed by atoms with Gasteiger partial charge in [-0.25, -0.2) is 0 Å². The first kappa shape index (κ1) is 22.2. The van der Waals surface area contributed by atoms with Gasteiger partial charge < -0.3 is 0 Å². The zero-order valence-corrected chi connectivity index (χ0v) is 18.8. The quantitative estimate of drug-likeness (QED) is 0.328. The van der Waals surface area contributed by atoms with Gasteiger partial charge >= 0.3 is 0 Å². The van der Waals surface area contributed by atoms with E-state index >= 15 is 0 Å². The van der Waals surface area contributed by atoms with E-state index in [0.717, 1.165) is 28.5 Å². The predicted octanol–water partition coefficient (Wildman–Crippen LogP) is 8.09. The molecular weight excluding hydrogens is 360 g/mol. The smallest absolute Gasteiger partial charge is 0.0249 e. The molecule has 0 bridgehead atoms. The van der Waals surface area contributed by atoms with E-state index in [1.165, 1.54) is 69.8 Å². The molecule has 3 rings (SSSR count). The highest BCUT2D eigenvalue weighted by Crippen LogP contribution is 2.37. The van der Waals surface area contributed by atoms with Crippen LogP contribution in [0.15, 0.2) is 48.5 Å². The molecule has 1 aliphatic carbocycles. The average Bonchev–Trinajstić information content (AvgIpc) is 2.79. The Balaban J connectivity index is 1.46. The summed E-state index contributed by atoms with van der Waals surface area (Å²) in [5.74, 6) is 14.3. The van der Waals surface area contributed by atoms with Crippen LogP contribution < -0.4 is 0 Å². The van der Waals surface area contributed by atoms with Crippen LogP contribution in [0.5, 0.6) is 0 Å². The van der Waals surface area contributed by atoms with Crippen LogP contribution in [0.25, 0.3) is 0 Å². The Morgan fingerprint density at radius 1 is 0.667 bits per heavy atom. The highest BCUT2D eigenvalue weighted by molar-refractivity contribution is 5.46. The fraction of sp³-hybridized carbons (Fsp3) is 0.467. The van der Waals surface area contributed by atoms with Gasteiger partial charge in [-0.05, 0) is 86.4 Å². The maximum atomic E-state index is 3.30. The van der Waals surface area contributed by atoms with Crippen LogP contribution in [0.1, 0.15) is 106 Å². The molecule has 0 heteroatoms. The van der Waals surface area contributed by atoms with Gasteiger partial charge in [0.15, 0.2) is 0 Å². The minimum absolute atomic E-state index is 0.746. The van der Waals surface area contributed by atoms with E-state index in [-0.39, 0.29) is 0 Å². The van der Waals surface area contributed by atoms with Gasteiger partial charge in [-0.15, -0.1) is 5.92 Å². The normalized spacial score (nSPS) is 18.1. The van der Waals surface area contributed by atoms with Gasteiger partial charge in [0.2, 0.25) is 0 Å². The van der Waals surface area contributed by atoms with E-state index < -0.39 is 0 Å². The largest absolute Gasteiger partial charge is 0.101 e. The summed E-state index contributed by atoms with van der Waals surface area (Å²) in [6.07, 6.45) is 14.1. The molecule has 0 spiro atoms. The van der Waals surface area contributed by atoms with Gasteiger partial charge in [-0.1, -0.05) is 75.3 Å². The van der Waals surface area contributed by atoms with Gasteiger partial charge in [0.05, 0.1) is 0 Å². The van der Waals surface area contributed by atoms with Crippen molar-refractivity contribution in [3.63, 3.8) is 0 Å². The minimum Gasteiger partial charge on any atom is -0.101 e. The topological polar surface area (TPSA) is 0 Å². The third-order valence-electron chi connectivity index (χ3n) is 6.45. The standard InChI is InChI=1S/C30H36/c1-3-5-6-7-8-10-26-17-21-29(22-18-26)30-23-19-28(20-24-30)16-15-27-13-11-25(9-4-2)12-14-27/h11-14,19-20,23-24,26,29H,3,5-8,10,17-18,21-22H2,1-2H3. The molecule has 0 radical (unpaired) electrons. The number of hydrogen-bond donors (Lipinski definition) is 0. The lowest BCUT2D eigenvalue weighted by Crippen LogP contribution is -2.13. The number of hydrogen-bond acceptors (Lipinski definition) is 0. The minimum atomic E-state index is 0.746. The molecule has 156 valence electrons. The summed E-state index contributed by atoms with van der Waals surface area (Å²) >= 11 is 0. The Hall–Kier alpha value is -2.44. The summed E-state index contributed by atoms with van der Waals surface area (Å²) in [6.45, 7) is 4.15. The van der Waals surface area contributed by atoms with Crippen molar-refractivity contribution in [2.24, 2.45) is 5.92 Å². The Kier molecular flexibility index (Phi) is 9.12. The third-order valence-corrected chi connectivity index (χ3v) is 6.45. The SMILES string of the molecule is CC#Cc1ccc(C#Cc2ccc(C3CCC(CCCCCCC)CC3)cc2)cc1. The molecule has 2 aromatic rings. The number of rotatable bonds is 7. The Labute approximate surface area is 184 Å². The van der Waals surface area contributed by atoms with Crippen LogP contribution >= 0.6 is 0 Å². The van der Waals surface area contributed by atoms with Crippen molar-refractivity contribution in [1.29, 1.82) is 0 Å². The van der Waals surface area contributed by atoms with Crippen LogP contribution in [-0.4, -0.2) is 0 Å². The fourth-order valence-electron chi connectivity index (χ4n) is 4.59. The van der Waals surface area contributed by atoms with E-state index in [2.05, 4.69) is 54.9 Å². The van der Waals surface area contributed by atoms with E-state index in [4.69, 9.17) is 0 Å². The Morgan fingerprint density at radius 3 is 1.77 bits per heavy atom. The predicted molar refractivity (Wildman–Crippen MR) is 129 cm³/mol. The summed E-state index contributed by atoms with van der Waals surface area (Å²) in [4.78, 5) is 0. The van der Waals surface area contributed by atoms with Gasteiger partial charge in [0.1, 0.15) is 0 Å². The summed E-state index contributed by atoms with van der Waals surface area (Å²) in [7, 11) is 0. The highest BCUT2D eigenvalue weighted by Gasteiger charge is 2.21. The lowest BCUT2D eigenvalue weighted by atomic mass is 9.77. The van der Waals surface area contributed by atoms with Gasteiger partial charge in [-0.2, -0.15) is 0 Å². The first-order valence-electron chi connectivity index (χ1n) is 11.9. The molecule has 0 atom stereocenters. The van der Waals surface area contributed by atoms with Crippen molar-refractivity contribution in [3.05, 3.63) is 70.8 Å². The summed E-state index contributed by atoms with van der Waals surface area (Å²) in [5.41, 5.74) is 4.67. The summed E-state index contributed by atoms with van der Waals surface area (Å²) in [5, 5.41) is 0. The van der Waals surface area contributed by atoms with Crippen LogP contribution in [0.2, 0.25) is 0 Å². The first-order valence-corrected chi connectivity index (χ1v) is 11.9. The lowest BCUT2D eigenvalue weighted by molar-refractivity contribution is 0.302. The van der Waals surface area contributed by atoms with Crippen LogP contribution in [0, 0.1) is 29.6 Å². The van der Waals surface area contributed by atoms with Crippen molar-refractivity contribution in [3.8, 4) is 23.7 Å². The molecule has 0 N–H and O–H groups in total. The Morgan fingerprint density at radius 2 is 1.20 bits per heavy atom. The van der Waals surface area contributed by atoms with E-state index in [1.54, 1.807) is 0 Å². The van der Waals surface area contributed by atoms with Crippen molar-refractivity contribution >= 4 is 0 Å². The van der Waals surface area contributed by atoms with E-state index in [1.807, 2.05) is 31.2 Å². The molecule has 1 saturated carbocycles. The fourth-order valence-corrected chi connectivity index (χ4v) is 4.59. The molecule has 2 aromatic carbocycles. The number of benzene rings is 2. The second kappa shape index (κ2) is 12.3. The van der Waals surface area contributed by atoms with Crippen molar-refractivity contribution in [1.82, 2.24) is 0 Å². The van der Waals surface area contributed by atoms with Gasteiger partial charge in [0, 0.05) is 16.7 Å².